The lowest BCUT2D eigenvalue weighted by atomic mass is 9.88. The summed E-state index contributed by atoms with van der Waals surface area (Å²) in [5.74, 6) is 0.400. The molecule has 2 rings (SSSR count). The monoisotopic (exact) mass is 260 g/mol. The SMILES string of the molecule is NCCCc1cccc(NC(=O)C2CCCCC2)c1. The summed E-state index contributed by atoms with van der Waals surface area (Å²) >= 11 is 0. The third-order valence-corrected chi connectivity index (χ3v) is 3.84. The molecule has 0 spiro atoms. The summed E-state index contributed by atoms with van der Waals surface area (Å²) in [5.41, 5.74) is 7.69. The van der Waals surface area contributed by atoms with Crippen molar-refractivity contribution in [2.24, 2.45) is 11.7 Å². The second kappa shape index (κ2) is 7.29. The van der Waals surface area contributed by atoms with Gasteiger partial charge >= 0.3 is 0 Å². The first-order chi connectivity index (χ1) is 9.29. The highest BCUT2D eigenvalue weighted by atomic mass is 16.1. The number of nitrogens with two attached hydrogens (primary N) is 1. The Morgan fingerprint density at radius 3 is 2.79 bits per heavy atom. The summed E-state index contributed by atoms with van der Waals surface area (Å²) in [4.78, 5) is 12.2. The van der Waals surface area contributed by atoms with E-state index in [4.69, 9.17) is 5.73 Å². The maximum atomic E-state index is 12.2. The minimum absolute atomic E-state index is 0.190. The number of amides is 1. The van der Waals surface area contributed by atoms with Gasteiger partial charge < -0.3 is 11.1 Å². The standard InChI is InChI=1S/C16H24N2O/c17-11-5-7-13-6-4-10-15(12-13)18-16(19)14-8-2-1-3-9-14/h4,6,10,12,14H,1-3,5,7-9,11,17H2,(H,18,19). The molecule has 0 bridgehead atoms. The molecule has 1 amide bonds. The number of carbonyl (C=O) groups excluding carboxylic acids is 1. The van der Waals surface area contributed by atoms with E-state index < -0.39 is 0 Å². The first kappa shape index (κ1) is 14.1. The van der Waals surface area contributed by atoms with Crippen LogP contribution < -0.4 is 11.1 Å². The van der Waals surface area contributed by atoms with Crippen molar-refractivity contribution < 1.29 is 4.79 Å². The Morgan fingerprint density at radius 1 is 1.26 bits per heavy atom. The summed E-state index contributed by atoms with van der Waals surface area (Å²) < 4.78 is 0. The Hall–Kier alpha value is -1.35. The fourth-order valence-corrected chi connectivity index (χ4v) is 2.72. The molecule has 1 saturated carbocycles. The minimum Gasteiger partial charge on any atom is -0.330 e. The molecule has 3 heteroatoms. The smallest absolute Gasteiger partial charge is 0.227 e. The van der Waals surface area contributed by atoms with Crippen LogP contribution in [0.3, 0.4) is 0 Å². The van der Waals surface area contributed by atoms with E-state index in [0.29, 0.717) is 6.54 Å². The van der Waals surface area contributed by atoms with Crippen LogP contribution in [0.1, 0.15) is 44.1 Å². The van der Waals surface area contributed by atoms with Crippen LogP contribution in [-0.2, 0) is 11.2 Å². The molecule has 0 aromatic heterocycles. The molecule has 1 aromatic rings. The molecule has 0 unspecified atom stereocenters. The molecule has 0 atom stereocenters. The van der Waals surface area contributed by atoms with Crippen LogP contribution in [0.4, 0.5) is 5.69 Å². The van der Waals surface area contributed by atoms with E-state index >= 15 is 0 Å². The molecule has 1 aliphatic carbocycles. The first-order valence-corrected chi connectivity index (χ1v) is 7.39. The summed E-state index contributed by atoms with van der Waals surface area (Å²) in [6, 6.07) is 8.12. The van der Waals surface area contributed by atoms with Gasteiger partial charge in [-0.15, -0.1) is 0 Å². The molecule has 0 heterocycles. The third kappa shape index (κ3) is 4.35. The first-order valence-electron chi connectivity index (χ1n) is 7.39. The van der Waals surface area contributed by atoms with Gasteiger partial charge in [-0.25, -0.2) is 0 Å². The molecular formula is C16H24N2O. The van der Waals surface area contributed by atoms with Crippen molar-refractivity contribution in [3.05, 3.63) is 29.8 Å². The van der Waals surface area contributed by atoms with Gasteiger partial charge in [0.05, 0.1) is 0 Å². The van der Waals surface area contributed by atoms with Crippen LogP contribution in [0.25, 0.3) is 0 Å². The minimum atomic E-state index is 0.190. The molecule has 0 aliphatic heterocycles. The number of anilines is 1. The van der Waals surface area contributed by atoms with Crippen LogP contribution in [0, 0.1) is 5.92 Å². The zero-order valence-electron chi connectivity index (χ0n) is 11.5. The Labute approximate surface area is 115 Å². The number of aryl methyl sites for hydroxylation is 1. The van der Waals surface area contributed by atoms with E-state index in [1.165, 1.54) is 24.8 Å². The number of carbonyl (C=O) groups is 1. The number of hydrogen-bond donors (Lipinski definition) is 2. The molecule has 3 nitrogen and oxygen atoms in total. The number of hydrogen-bond acceptors (Lipinski definition) is 2. The average molecular weight is 260 g/mol. The van der Waals surface area contributed by atoms with E-state index in [0.717, 1.165) is 31.4 Å². The summed E-state index contributed by atoms with van der Waals surface area (Å²) in [6.07, 6.45) is 7.70. The van der Waals surface area contributed by atoms with E-state index in [1.807, 2.05) is 12.1 Å². The van der Waals surface area contributed by atoms with Crippen molar-refractivity contribution in [3.8, 4) is 0 Å². The summed E-state index contributed by atoms with van der Waals surface area (Å²) in [7, 11) is 0. The Morgan fingerprint density at radius 2 is 2.05 bits per heavy atom. The van der Waals surface area contributed by atoms with Gasteiger partial charge in [-0.1, -0.05) is 31.4 Å². The predicted molar refractivity (Wildman–Crippen MR) is 79.0 cm³/mol. The van der Waals surface area contributed by atoms with Crippen molar-refractivity contribution in [3.63, 3.8) is 0 Å². The molecule has 1 aliphatic rings. The zero-order valence-corrected chi connectivity index (χ0v) is 11.5. The average Bonchev–Trinajstić information content (AvgIpc) is 2.46. The lowest BCUT2D eigenvalue weighted by Crippen LogP contribution is -2.24. The number of rotatable bonds is 5. The summed E-state index contributed by atoms with van der Waals surface area (Å²) in [5, 5.41) is 3.06. The third-order valence-electron chi connectivity index (χ3n) is 3.84. The fraction of sp³-hybridized carbons (Fsp3) is 0.562. The van der Waals surface area contributed by atoms with Crippen molar-refractivity contribution >= 4 is 11.6 Å². The van der Waals surface area contributed by atoms with E-state index in [2.05, 4.69) is 17.4 Å². The maximum Gasteiger partial charge on any atom is 0.227 e. The van der Waals surface area contributed by atoms with Crippen molar-refractivity contribution in [2.75, 3.05) is 11.9 Å². The van der Waals surface area contributed by atoms with E-state index in [1.54, 1.807) is 0 Å². The molecule has 0 radical (unpaired) electrons. The molecule has 19 heavy (non-hydrogen) atoms. The van der Waals surface area contributed by atoms with Gasteiger partial charge in [-0.3, -0.25) is 4.79 Å². The highest BCUT2D eigenvalue weighted by Gasteiger charge is 2.20. The largest absolute Gasteiger partial charge is 0.330 e. The number of nitrogens with one attached hydrogen (secondary N) is 1. The molecule has 1 aromatic carbocycles. The van der Waals surface area contributed by atoms with Gasteiger partial charge in [-0.05, 0) is 49.9 Å². The quantitative estimate of drug-likeness (QED) is 0.854. The molecule has 1 fully saturated rings. The molecule has 3 N–H and O–H groups in total. The normalized spacial score (nSPS) is 16.3. The fourth-order valence-electron chi connectivity index (χ4n) is 2.72. The molecule has 0 saturated heterocycles. The Kier molecular flexibility index (Phi) is 5.40. The summed E-state index contributed by atoms with van der Waals surface area (Å²) in [6.45, 7) is 0.707. The Balaban J connectivity index is 1.92. The highest BCUT2D eigenvalue weighted by molar-refractivity contribution is 5.92. The van der Waals surface area contributed by atoms with Crippen LogP contribution in [0.2, 0.25) is 0 Å². The van der Waals surface area contributed by atoms with Gasteiger partial charge in [-0.2, -0.15) is 0 Å². The lowest BCUT2D eigenvalue weighted by Gasteiger charge is -2.20. The van der Waals surface area contributed by atoms with Gasteiger partial charge in [0.25, 0.3) is 0 Å². The maximum absolute atomic E-state index is 12.2. The van der Waals surface area contributed by atoms with Crippen molar-refractivity contribution in [1.29, 1.82) is 0 Å². The zero-order chi connectivity index (χ0) is 13.5. The van der Waals surface area contributed by atoms with Gasteiger partial charge in [0.1, 0.15) is 0 Å². The lowest BCUT2D eigenvalue weighted by molar-refractivity contribution is -0.120. The topological polar surface area (TPSA) is 55.1 Å². The van der Waals surface area contributed by atoms with E-state index in [9.17, 15) is 4.79 Å². The highest BCUT2D eigenvalue weighted by Crippen LogP contribution is 2.25. The second-order valence-corrected chi connectivity index (χ2v) is 5.42. The molecular weight excluding hydrogens is 236 g/mol. The van der Waals surface area contributed by atoms with Gasteiger partial charge in [0, 0.05) is 11.6 Å². The van der Waals surface area contributed by atoms with Crippen LogP contribution in [-0.4, -0.2) is 12.5 Å². The van der Waals surface area contributed by atoms with Gasteiger partial charge in [0.2, 0.25) is 5.91 Å². The van der Waals surface area contributed by atoms with E-state index in [-0.39, 0.29) is 11.8 Å². The van der Waals surface area contributed by atoms with Crippen molar-refractivity contribution in [2.45, 2.75) is 44.9 Å². The van der Waals surface area contributed by atoms with Gasteiger partial charge in [0.15, 0.2) is 0 Å². The molecule has 104 valence electrons. The van der Waals surface area contributed by atoms with Crippen LogP contribution >= 0.6 is 0 Å². The number of benzene rings is 1. The van der Waals surface area contributed by atoms with Crippen LogP contribution in [0.5, 0.6) is 0 Å². The van der Waals surface area contributed by atoms with Crippen molar-refractivity contribution in [1.82, 2.24) is 0 Å². The van der Waals surface area contributed by atoms with Crippen LogP contribution in [0.15, 0.2) is 24.3 Å². The predicted octanol–water partition coefficient (Wildman–Crippen LogP) is 3.10. The second-order valence-electron chi connectivity index (χ2n) is 5.42. The Bertz CT molecular complexity index is 411.